The van der Waals surface area contributed by atoms with Gasteiger partial charge in [-0.15, -0.1) is 5.23 Å². The molecule has 0 aromatic heterocycles. The van der Waals surface area contributed by atoms with Gasteiger partial charge in [0.15, 0.2) is 0 Å². The van der Waals surface area contributed by atoms with Gasteiger partial charge in [0.1, 0.15) is 0 Å². The Hall–Kier alpha value is -0.323. The molecule has 0 spiro atoms. The summed E-state index contributed by atoms with van der Waals surface area (Å²) in [5, 5.41) is 1.56. The second kappa shape index (κ2) is 3.92. The molecule has 0 N–H and O–H groups in total. The van der Waals surface area contributed by atoms with Crippen molar-refractivity contribution in [1.82, 2.24) is 5.23 Å². The lowest BCUT2D eigenvalue weighted by Crippen LogP contribution is -2.47. The summed E-state index contributed by atoms with van der Waals surface area (Å²) < 4.78 is 5.85. The monoisotopic (exact) mass is 229 g/mol. The summed E-state index contributed by atoms with van der Waals surface area (Å²) >= 11 is 0. The number of rotatable bonds is 2. The third-order valence-electron chi connectivity index (χ3n) is 2.29. The quantitative estimate of drug-likeness (QED) is 0.678. The Morgan fingerprint density at radius 1 is 1.47 bits per heavy atom. The zero-order valence-electron chi connectivity index (χ0n) is 10.8. The third kappa shape index (κ3) is 3.63. The van der Waals surface area contributed by atoms with Crippen LogP contribution in [-0.4, -0.2) is 19.1 Å². The van der Waals surface area contributed by atoms with E-state index < -0.39 is 8.32 Å². The summed E-state index contributed by atoms with van der Waals surface area (Å²) in [5.74, 6) is 0.407. The van der Waals surface area contributed by atoms with Crippen LogP contribution < -0.4 is 0 Å². The molecule has 3 nitrogen and oxygen atoms in total. The summed E-state index contributed by atoms with van der Waals surface area (Å²) in [7, 11) is -1.64. The van der Waals surface area contributed by atoms with Crippen molar-refractivity contribution in [2.24, 2.45) is 5.92 Å². The fourth-order valence-corrected chi connectivity index (χ4v) is 2.33. The van der Waals surface area contributed by atoms with Crippen LogP contribution in [-0.2, 0) is 9.36 Å². The van der Waals surface area contributed by atoms with E-state index in [4.69, 9.17) is 9.36 Å². The SMILES string of the molecule is C=C1C(C)CC(C)(C)ON1O[Si](C)(C)C. The first-order chi connectivity index (χ1) is 6.61. The summed E-state index contributed by atoms with van der Waals surface area (Å²) in [4.78, 5) is 5.78. The Morgan fingerprint density at radius 3 is 2.47 bits per heavy atom. The van der Waals surface area contributed by atoms with E-state index in [9.17, 15) is 0 Å². The molecule has 0 aromatic carbocycles. The maximum atomic E-state index is 5.85. The van der Waals surface area contributed by atoms with Crippen molar-refractivity contribution in [2.75, 3.05) is 0 Å². The molecule has 88 valence electrons. The van der Waals surface area contributed by atoms with Crippen molar-refractivity contribution in [3.8, 4) is 0 Å². The van der Waals surface area contributed by atoms with Crippen molar-refractivity contribution in [2.45, 2.75) is 52.4 Å². The molecule has 1 rings (SSSR count). The van der Waals surface area contributed by atoms with Crippen LogP contribution >= 0.6 is 0 Å². The second-order valence-electron chi connectivity index (χ2n) is 5.91. The molecular formula is C11H23NO2Si. The fourth-order valence-electron chi connectivity index (χ4n) is 1.68. The van der Waals surface area contributed by atoms with Crippen LogP contribution in [0.5, 0.6) is 0 Å². The van der Waals surface area contributed by atoms with Gasteiger partial charge in [0.25, 0.3) is 0 Å². The Balaban J connectivity index is 2.74. The summed E-state index contributed by atoms with van der Waals surface area (Å²) in [5.41, 5.74) is 0.761. The molecule has 15 heavy (non-hydrogen) atoms. The Bertz CT molecular complexity index is 256. The van der Waals surface area contributed by atoms with Gasteiger partial charge >= 0.3 is 0 Å². The fraction of sp³-hybridized carbons (Fsp3) is 0.818. The van der Waals surface area contributed by atoms with Gasteiger partial charge in [-0.1, -0.05) is 13.5 Å². The molecule has 1 aliphatic heterocycles. The highest BCUT2D eigenvalue weighted by molar-refractivity contribution is 6.69. The lowest BCUT2D eigenvalue weighted by atomic mass is 9.92. The Morgan fingerprint density at radius 2 is 2.00 bits per heavy atom. The minimum absolute atomic E-state index is 0.166. The minimum atomic E-state index is -1.64. The van der Waals surface area contributed by atoms with Gasteiger partial charge in [-0.3, -0.25) is 4.53 Å². The van der Waals surface area contributed by atoms with Gasteiger partial charge in [0, 0.05) is 5.92 Å². The van der Waals surface area contributed by atoms with E-state index in [1.54, 1.807) is 5.23 Å². The third-order valence-corrected chi connectivity index (χ3v) is 3.00. The molecule has 4 heteroatoms. The predicted molar refractivity (Wildman–Crippen MR) is 64.4 cm³/mol. The number of nitrogens with zero attached hydrogens (tertiary/aromatic N) is 1. The molecule has 1 aliphatic rings. The van der Waals surface area contributed by atoms with Crippen molar-refractivity contribution >= 4 is 8.32 Å². The van der Waals surface area contributed by atoms with Crippen LogP contribution in [0.2, 0.25) is 19.6 Å². The molecule has 0 aromatic rings. The van der Waals surface area contributed by atoms with Crippen molar-refractivity contribution in [3.63, 3.8) is 0 Å². The molecular weight excluding hydrogens is 206 g/mol. The Kier molecular flexibility index (Phi) is 3.33. The molecule has 1 atom stereocenters. The predicted octanol–water partition coefficient (Wildman–Crippen LogP) is 3.32. The van der Waals surface area contributed by atoms with E-state index in [0.29, 0.717) is 5.92 Å². The van der Waals surface area contributed by atoms with E-state index >= 15 is 0 Å². The van der Waals surface area contributed by atoms with Crippen molar-refractivity contribution < 1.29 is 9.36 Å². The molecule has 1 fully saturated rings. The lowest BCUT2D eigenvalue weighted by Gasteiger charge is -2.44. The molecule has 1 heterocycles. The van der Waals surface area contributed by atoms with Gasteiger partial charge < -0.3 is 0 Å². The number of hydroxylamine groups is 2. The van der Waals surface area contributed by atoms with Crippen LogP contribution in [0.1, 0.15) is 27.2 Å². The normalized spacial score (nSPS) is 26.9. The minimum Gasteiger partial charge on any atom is -0.298 e. The zero-order valence-corrected chi connectivity index (χ0v) is 11.8. The van der Waals surface area contributed by atoms with E-state index in [-0.39, 0.29) is 5.60 Å². The highest BCUT2D eigenvalue weighted by Crippen LogP contribution is 2.35. The van der Waals surface area contributed by atoms with Gasteiger partial charge in [0.2, 0.25) is 8.32 Å². The van der Waals surface area contributed by atoms with Gasteiger partial charge in [0.05, 0.1) is 11.3 Å². The first kappa shape index (κ1) is 12.7. The van der Waals surface area contributed by atoms with Crippen LogP contribution in [0.25, 0.3) is 0 Å². The second-order valence-corrected chi connectivity index (χ2v) is 10.3. The Labute approximate surface area is 94.1 Å². The number of hydrogen-bond donors (Lipinski definition) is 0. The standard InChI is InChI=1S/C11H23NO2Si/c1-9-8-11(3,4)13-12(10(9)2)14-15(5,6)7/h9H,2,8H2,1,3-7H3. The van der Waals surface area contributed by atoms with Crippen LogP contribution in [0.4, 0.5) is 0 Å². The molecule has 0 radical (unpaired) electrons. The molecule has 1 unspecified atom stereocenters. The van der Waals surface area contributed by atoms with E-state index in [1.807, 2.05) is 0 Å². The van der Waals surface area contributed by atoms with Gasteiger partial charge in [-0.2, -0.15) is 0 Å². The maximum absolute atomic E-state index is 5.85. The zero-order chi connectivity index (χ0) is 11.9. The number of allylic oxidation sites excluding steroid dienone is 1. The topological polar surface area (TPSA) is 21.7 Å². The summed E-state index contributed by atoms with van der Waals surface area (Å²) in [6.07, 6.45) is 0.984. The maximum Gasteiger partial charge on any atom is 0.223 e. The first-order valence-electron chi connectivity index (χ1n) is 5.48. The molecule has 0 aliphatic carbocycles. The average molecular weight is 229 g/mol. The average Bonchev–Trinajstić information content (AvgIpc) is 1.95. The summed E-state index contributed by atoms with van der Waals surface area (Å²) in [6.45, 7) is 16.7. The largest absolute Gasteiger partial charge is 0.298 e. The first-order valence-corrected chi connectivity index (χ1v) is 8.89. The molecule has 0 saturated carbocycles. The smallest absolute Gasteiger partial charge is 0.223 e. The van der Waals surface area contributed by atoms with E-state index in [0.717, 1.165) is 12.1 Å². The van der Waals surface area contributed by atoms with Crippen LogP contribution in [0, 0.1) is 5.92 Å². The lowest BCUT2D eigenvalue weighted by molar-refractivity contribution is -0.367. The van der Waals surface area contributed by atoms with Crippen molar-refractivity contribution in [3.05, 3.63) is 12.3 Å². The highest BCUT2D eigenvalue weighted by Gasteiger charge is 2.37. The van der Waals surface area contributed by atoms with Crippen LogP contribution in [0.3, 0.4) is 0 Å². The molecule has 0 bridgehead atoms. The number of hydrogen-bond acceptors (Lipinski definition) is 3. The molecule has 1 saturated heterocycles. The van der Waals surface area contributed by atoms with Gasteiger partial charge in [-0.05, 0) is 39.9 Å². The highest BCUT2D eigenvalue weighted by atomic mass is 28.4. The summed E-state index contributed by atoms with van der Waals surface area (Å²) in [6, 6.07) is 0. The molecule has 0 amide bonds. The van der Waals surface area contributed by atoms with E-state index in [2.05, 4.69) is 47.0 Å². The van der Waals surface area contributed by atoms with Gasteiger partial charge in [-0.25, -0.2) is 4.84 Å². The van der Waals surface area contributed by atoms with Crippen LogP contribution in [0.15, 0.2) is 12.3 Å². The van der Waals surface area contributed by atoms with Crippen molar-refractivity contribution in [1.29, 1.82) is 0 Å². The van der Waals surface area contributed by atoms with E-state index in [1.165, 1.54) is 0 Å².